The smallest absolute Gasteiger partial charge is 0.207 e. The van der Waals surface area contributed by atoms with Crippen LogP contribution in [0.25, 0.3) is 10.8 Å². The first-order valence-corrected chi connectivity index (χ1v) is 5.75. The third-order valence-corrected chi connectivity index (χ3v) is 2.96. The van der Waals surface area contributed by atoms with Crippen LogP contribution in [0.4, 0.5) is 8.78 Å². The minimum absolute atomic E-state index is 0.130. The van der Waals surface area contributed by atoms with E-state index >= 15 is 0 Å². The Morgan fingerprint density at radius 3 is 2.41 bits per heavy atom. The number of aryl methyl sites for hydroxylation is 1. The summed E-state index contributed by atoms with van der Waals surface area (Å²) in [6.45, 7) is 3.27. The van der Waals surface area contributed by atoms with Crippen molar-refractivity contribution in [1.29, 1.82) is 0 Å². The highest BCUT2D eigenvalue weighted by atomic mass is 19.3. The lowest BCUT2D eigenvalue weighted by Gasteiger charge is -2.13. The van der Waals surface area contributed by atoms with Gasteiger partial charge in [0.1, 0.15) is 0 Å². The molecule has 0 aliphatic heterocycles. The quantitative estimate of drug-likeness (QED) is 0.722. The number of alkyl halides is 2. The molecule has 0 saturated heterocycles. The Kier molecular flexibility index (Phi) is 3.41. The van der Waals surface area contributed by atoms with Crippen molar-refractivity contribution in [2.24, 2.45) is 0 Å². The molecule has 0 heterocycles. The van der Waals surface area contributed by atoms with Gasteiger partial charge in [0.15, 0.2) is 0 Å². The van der Waals surface area contributed by atoms with Crippen LogP contribution in [0.5, 0.6) is 0 Å². The van der Waals surface area contributed by atoms with Gasteiger partial charge < -0.3 is 0 Å². The number of hydrogen-bond acceptors (Lipinski definition) is 0. The fourth-order valence-corrected chi connectivity index (χ4v) is 1.85. The van der Waals surface area contributed by atoms with E-state index in [0.29, 0.717) is 6.42 Å². The van der Waals surface area contributed by atoms with Crippen molar-refractivity contribution in [3.8, 4) is 0 Å². The number of fused-ring (bicyclic) bond motifs is 1. The Labute approximate surface area is 100 Å². The first-order valence-electron chi connectivity index (χ1n) is 5.75. The summed E-state index contributed by atoms with van der Waals surface area (Å²) in [6.07, 6.45) is -0.0667. The first kappa shape index (κ1) is 12.0. The molecule has 0 saturated carbocycles. The third kappa shape index (κ3) is 3.02. The maximum atomic E-state index is 13.1. The molecular formula is C15H15F2. The summed E-state index contributed by atoms with van der Waals surface area (Å²) in [5.74, 6) is -2.65. The maximum absolute atomic E-state index is 13.1. The molecule has 2 aromatic rings. The largest absolute Gasteiger partial charge is 0.248 e. The van der Waals surface area contributed by atoms with Gasteiger partial charge in [-0.2, -0.15) is 0 Å². The molecule has 0 amide bonds. The molecule has 2 aromatic carbocycles. The summed E-state index contributed by atoms with van der Waals surface area (Å²) in [7, 11) is 0. The first-order chi connectivity index (χ1) is 8.11. The summed E-state index contributed by atoms with van der Waals surface area (Å²) in [6, 6.07) is 13.8. The zero-order chi connectivity index (χ0) is 12.3. The van der Waals surface area contributed by atoms with Crippen LogP contribution in [-0.4, -0.2) is 5.92 Å². The molecule has 0 bridgehead atoms. The molecular weight excluding hydrogens is 218 g/mol. The van der Waals surface area contributed by atoms with Crippen LogP contribution in [0.15, 0.2) is 42.5 Å². The number of halogens is 2. The van der Waals surface area contributed by atoms with E-state index in [1.807, 2.05) is 42.5 Å². The van der Waals surface area contributed by atoms with Crippen LogP contribution in [0.2, 0.25) is 0 Å². The molecule has 0 aliphatic carbocycles. The Hall–Kier alpha value is -1.44. The zero-order valence-electron chi connectivity index (χ0n) is 9.63. The van der Waals surface area contributed by atoms with Crippen molar-refractivity contribution in [3.05, 3.63) is 55.0 Å². The van der Waals surface area contributed by atoms with E-state index in [-0.39, 0.29) is 12.8 Å². The van der Waals surface area contributed by atoms with Gasteiger partial charge >= 0.3 is 0 Å². The second kappa shape index (κ2) is 4.82. The lowest BCUT2D eigenvalue weighted by molar-refractivity contribution is -0.00476. The van der Waals surface area contributed by atoms with Gasteiger partial charge in [0.05, 0.1) is 0 Å². The Morgan fingerprint density at radius 1 is 1.00 bits per heavy atom. The maximum Gasteiger partial charge on any atom is 0.248 e. The fourth-order valence-electron chi connectivity index (χ4n) is 1.85. The van der Waals surface area contributed by atoms with Gasteiger partial charge in [0, 0.05) is 12.8 Å². The van der Waals surface area contributed by atoms with Crippen molar-refractivity contribution in [2.45, 2.75) is 25.2 Å². The highest BCUT2D eigenvalue weighted by Gasteiger charge is 2.25. The molecule has 0 aliphatic rings. The molecule has 0 nitrogen and oxygen atoms in total. The van der Waals surface area contributed by atoms with Crippen LogP contribution in [0.3, 0.4) is 0 Å². The predicted octanol–water partition coefficient (Wildman–Crippen LogP) is 4.63. The molecule has 0 N–H and O–H groups in total. The predicted molar refractivity (Wildman–Crippen MR) is 67.2 cm³/mol. The van der Waals surface area contributed by atoms with Crippen molar-refractivity contribution >= 4 is 10.8 Å². The molecule has 0 spiro atoms. The molecule has 89 valence electrons. The Bertz CT molecular complexity index is 503. The van der Waals surface area contributed by atoms with Crippen LogP contribution < -0.4 is 0 Å². The number of hydrogen-bond donors (Lipinski definition) is 0. The topological polar surface area (TPSA) is 0 Å². The minimum atomic E-state index is -2.65. The normalized spacial score (nSPS) is 11.9. The van der Waals surface area contributed by atoms with Gasteiger partial charge in [-0.25, -0.2) is 8.78 Å². The fraction of sp³-hybridized carbons (Fsp3) is 0.267. The standard InChI is InChI=1S/C15H15F2/c1-2-15(16,17)10-9-12-7-8-13-5-3-4-6-14(13)11-12/h3-8,11H,1-2,9-10H2. The summed E-state index contributed by atoms with van der Waals surface area (Å²) < 4.78 is 26.2. The minimum Gasteiger partial charge on any atom is -0.207 e. The van der Waals surface area contributed by atoms with E-state index in [9.17, 15) is 8.78 Å². The molecule has 2 rings (SSSR count). The molecule has 0 atom stereocenters. The summed E-state index contributed by atoms with van der Waals surface area (Å²) >= 11 is 0. The van der Waals surface area contributed by atoms with E-state index in [2.05, 4.69) is 6.92 Å². The molecule has 0 aromatic heterocycles. The lowest BCUT2D eigenvalue weighted by Crippen LogP contribution is -2.15. The van der Waals surface area contributed by atoms with Gasteiger partial charge in [-0.05, 0) is 29.7 Å². The summed E-state index contributed by atoms with van der Waals surface area (Å²) in [4.78, 5) is 0. The lowest BCUT2D eigenvalue weighted by atomic mass is 10.0. The molecule has 0 fully saturated rings. The Balaban J connectivity index is 2.14. The highest BCUT2D eigenvalue weighted by Crippen LogP contribution is 2.25. The van der Waals surface area contributed by atoms with Crippen LogP contribution >= 0.6 is 0 Å². The van der Waals surface area contributed by atoms with Crippen LogP contribution in [-0.2, 0) is 6.42 Å². The van der Waals surface area contributed by atoms with Crippen molar-refractivity contribution in [1.82, 2.24) is 0 Å². The average molecular weight is 233 g/mol. The molecule has 2 heteroatoms. The van der Waals surface area contributed by atoms with E-state index < -0.39 is 5.92 Å². The average Bonchev–Trinajstić information content (AvgIpc) is 2.36. The molecule has 0 unspecified atom stereocenters. The SMILES string of the molecule is [CH2]CC(F)(F)CCc1ccc2ccccc2c1. The van der Waals surface area contributed by atoms with E-state index in [0.717, 1.165) is 16.3 Å². The Morgan fingerprint density at radius 2 is 1.71 bits per heavy atom. The van der Waals surface area contributed by atoms with E-state index in [4.69, 9.17) is 0 Å². The molecule has 1 radical (unpaired) electrons. The van der Waals surface area contributed by atoms with Crippen molar-refractivity contribution in [2.75, 3.05) is 0 Å². The van der Waals surface area contributed by atoms with E-state index in [1.165, 1.54) is 0 Å². The van der Waals surface area contributed by atoms with Crippen LogP contribution in [0.1, 0.15) is 18.4 Å². The third-order valence-electron chi connectivity index (χ3n) is 2.96. The number of rotatable bonds is 4. The second-order valence-corrected chi connectivity index (χ2v) is 4.29. The monoisotopic (exact) mass is 233 g/mol. The van der Waals surface area contributed by atoms with Crippen LogP contribution in [0, 0.1) is 6.92 Å². The van der Waals surface area contributed by atoms with Gasteiger partial charge in [0.25, 0.3) is 0 Å². The highest BCUT2D eigenvalue weighted by molar-refractivity contribution is 5.82. The summed E-state index contributed by atoms with van der Waals surface area (Å²) in [5, 5.41) is 2.24. The zero-order valence-corrected chi connectivity index (χ0v) is 9.63. The van der Waals surface area contributed by atoms with E-state index in [1.54, 1.807) is 0 Å². The summed E-state index contributed by atoms with van der Waals surface area (Å²) in [5.41, 5.74) is 0.955. The van der Waals surface area contributed by atoms with Gasteiger partial charge in [0.2, 0.25) is 5.92 Å². The van der Waals surface area contributed by atoms with Gasteiger partial charge in [-0.15, -0.1) is 0 Å². The second-order valence-electron chi connectivity index (χ2n) is 4.29. The molecule has 17 heavy (non-hydrogen) atoms. The van der Waals surface area contributed by atoms with Crippen molar-refractivity contribution in [3.63, 3.8) is 0 Å². The van der Waals surface area contributed by atoms with Gasteiger partial charge in [-0.3, -0.25) is 0 Å². The van der Waals surface area contributed by atoms with Crippen molar-refractivity contribution < 1.29 is 8.78 Å². The van der Waals surface area contributed by atoms with Gasteiger partial charge in [-0.1, -0.05) is 42.5 Å². The number of benzene rings is 2.